The third-order valence-corrected chi connectivity index (χ3v) is 3.02. The van der Waals surface area contributed by atoms with Gasteiger partial charge in [-0.3, -0.25) is 4.79 Å². The summed E-state index contributed by atoms with van der Waals surface area (Å²) < 4.78 is 1.75. The molecule has 0 saturated carbocycles. The molecule has 0 aliphatic rings. The Morgan fingerprint density at radius 1 is 1.24 bits per heavy atom. The van der Waals surface area contributed by atoms with Crippen molar-refractivity contribution in [2.75, 3.05) is 0 Å². The standard InChI is InChI=1S/C14H11Cl2N3O.ClH/c15-12-5-4-11(13(16)8-12)9-17-18-14(20)10-19-6-2-1-3-7-19;/h1-9H,10H2;1H/b17-9+;. The van der Waals surface area contributed by atoms with E-state index in [9.17, 15) is 4.79 Å². The molecule has 7 heteroatoms. The van der Waals surface area contributed by atoms with Crippen LogP contribution in [0.15, 0.2) is 53.9 Å². The Hall–Kier alpha value is -1.62. The van der Waals surface area contributed by atoms with Crippen LogP contribution < -0.4 is 22.4 Å². The molecule has 1 N–H and O–H groups in total. The van der Waals surface area contributed by atoms with E-state index in [1.165, 1.54) is 6.21 Å². The summed E-state index contributed by atoms with van der Waals surface area (Å²) in [5.74, 6) is -0.220. The first kappa shape index (κ1) is 17.4. The second kappa shape index (κ2) is 8.62. The van der Waals surface area contributed by atoms with Crippen LogP contribution in [0, 0.1) is 0 Å². The monoisotopic (exact) mass is 343 g/mol. The Morgan fingerprint density at radius 3 is 2.62 bits per heavy atom. The number of pyridine rings is 1. The summed E-state index contributed by atoms with van der Waals surface area (Å²) in [7, 11) is 0. The zero-order valence-electron chi connectivity index (χ0n) is 10.8. The van der Waals surface area contributed by atoms with E-state index in [2.05, 4.69) is 10.5 Å². The lowest BCUT2D eigenvalue weighted by molar-refractivity contribution is -0.684. The average Bonchev–Trinajstić information content (AvgIpc) is 2.42. The first-order valence-electron chi connectivity index (χ1n) is 5.86. The van der Waals surface area contributed by atoms with Crippen LogP contribution in [0.1, 0.15) is 5.56 Å². The highest BCUT2D eigenvalue weighted by Crippen LogP contribution is 2.19. The van der Waals surface area contributed by atoms with E-state index < -0.39 is 0 Å². The number of nitrogens with one attached hydrogen (secondary N) is 1. The molecule has 0 aliphatic heterocycles. The van der Waals surface area contributed by atoms with Crippen molar-refractivity contribution in [1.29, 1.82) is 0 Å². The Kier molecular flexibility index (Phi) is 7.15. The summed E-state index contributed by atoms with van der Waals surface area (Å²) in [5, 5.41) is 4.89. The molecule has 110 valence electrons. The van der Waals surface area contributed by atoms with Gasteiger partial charge in [-0.15, -0.1) is 0 Å². The molecule has 0 aliphatic carbocycles. The number of nitrogens with zero attached hydrogens (tertiary/aromatic N) is 2. The van der Waals surface area contributed by atoms with Crippen LogP contribution in [0.4, 0.5) is 0 Å². The van der Waals surface area contributed by atoms with Gasteiger partial charge >= 0.3 is 5.91 Å². The maximum Gasteiger partial charge on any atom is 0.305 e. The van der Waals surface area contributed by atoms with Crippen molar-refractivity contribution >= 4 is 35.3 Å². The largest absolute Gasteiger partial charge is 1.00 e. The predicted molar refractivity (Wildman–Crippen MR) is 78.8 cm³/mol. The number of hydrogen-bond donors (Lipinski definition) is 1. The average molecular weight is 345 g/mol. The lowest BCUT2D eigenvalue weighted by Crippen LogP contribution is -3.00. The summed E-state index contributed by atoms with van der Waals surface area (Å²) in [6.07, 6.45) is 5.09. The van der Waals surface area contributed by atoms with Gasteiger partial charge in [0.25, 0.3) is 0 Å². The summed E-state index contributed by atoms with van der Waals surface area (Å²) in [6, 6.07) is 10.6. The topological polar surface area (TPSA) is 45.3 Å². The highest BCUT2D eigenvalue weighted by atomic mass is 35.5. The first-order chi connectivity index (χ1) is 9.65. The van der Waals surface area contributed by atoms with Gasteiger partial charge in [-0.25, -0.2) is 5.43 Å². The third kappa shape index (κ3) is 5.71. The van der Waals surface area contributed by atoms with Crippen LogP contribution in [-0.4, -0.2) is 12.1 Å². The van der Waals surface area contributed by atoms with E-state index in [4.69, 9.17) is 23.2 Å². The van der Waals surface area contributed by atoms with Gasteiger partial charge in [0.1, 0.15) is 0 Å². The molecule has 1 amide bonds. The number of amides is 1. The van der Waals surface area contributed by atoms with Gasteiger partial charge in [0.2, 0.25) is 6.54 Å². The minimum Gasteiger partial charge on any atom is -1.00 e. The molecule has 4 nitrogen and oxygen atoms in total. The number of hydrogen-bond acceptors (Lipinski definition) is 2. The Morgan fingerprint density at radius 2 is 1.95 bits per heavy atom. The van der Waals surface area contributed by atoms with E-state index in [1.54, 1.807) is 35.2 Å². The van der Waals surface area contributed by atoms with Crippen molar-refractivity contribution in [3.63, 3.8) is 0 Å². The smallest absolute Gasteiger partial charge is 0.305 e. The minimum atomic E-state index is -0.220. The van der Waals surface area contributed by atoms with Gasteiger partial charge in [-0.1, -0.05) is 35.3 Å². The first-order valence-corrected chi connectivity index (χ1v) is 6.62. The third-order valence-electron chi connectivity index (χ3n) is 2.46. The van der Waals surface area contributed by atoms with E-state index in [1.807, 2.05) is 18.2 Å². The summed E-state index contributed by atoms with van der Waals surface area (Å²) >= 11 is 11.8. The Bertz CT molecular complexity index is 633. The number of hydrazone groups is 1. The number of halogens is 3. The van der Waals surface area contributed by atoms with Crippen LogP contribution in [0.5, 0.6) is 0 Å². The van der Waals surface area contributed by atoms with E-state index in [0.717, 1.165) is 0 Å². The zero-order valence-corrected chi connectivity index (χ0v) is 13.1. The molecule has 1 aromatic carbocycles. The van der Waals surface area contributed by atoms with Crippen LogP contribution in [0.3, 0.4) is 0 Å². The van der Waals surface area contributed by atoms with Crippen molar-refractivity contribution in [2.45, 2.75) is 6.54 Å². The number of carbonyl (C=O) groups excluding carboxylic acids is 1. The van der Waals surface area contributed by atoms with Crippen LogP contribution in [0.25, 0.3) is 0 Å². The number of rotatable bonds is 4. The molecule has 2 rings (SSSR count). The molecule has 0 saturated heterocycles. The second-order valence-electron chi connectivity index (χ2n) is 4.01. The maximum atomic E-state index is 11.6. The molecule has 2 aromatic rings. The molecule has 0 spiro atoms. The maximum absolute atomic E-state index is 11.6. The van der Waals surface area contributed by atoms with Gasteiger partial charge in [-0.05, 0) is 12.1 Å². The molecule has 0 fully saturated rings. The molecule has 0 unspecified atom stereocenters. The zero-order chi connectivity index (χ0) is 14.4. The fourth-order valence-electron chi connectivity index (χ4n) is 1.52. The van der Waals surface area contributed by atoms with E-state index >= 15 is 0 Å². The molecule has 1 heterocycles. The lowest BCUT2D eigenvalue weighted by atomic mass is 10.2. The van der Waals surface area contributed by atoms with Crippen LogP contribution in [0.2, 0.25) is 10.0 Å². The van der Waals surface area contributed by atoms with Crippen LogP contribution >= 0.6 is 23.2 Å². The highest BCUT2D eigenvalue weighted by Gasteiger charge is 2.06. The fourth-order valence-corrected chi connectivity index (χ4v) is 1.98. The minimum absolute atomic E-state index is 0. The summed E-state index contributed by atoms with van der Waals surface area (Å²) in [6.45, 7) is 0.201. The SMILES string of the molecule is O=C(C[n+]1ccccc1)N/N=C/c1ccc(Cl)cc1Cl.[Cl-]. The predicted octanol–water partition coefficient (Wildman–Crippen LogP) is -0.565. The van der Waals surface area contributed by atoms with Crippen molar-refractivity contribution in [1.82, 2.24) is 5.43 Å². The molecule has 0 atom stereocenters. The van der Waals surface area contributed by atoms with Gasteiger partial charge in [0.05, 0.1) is 11.2 Å². The van der Waals surface area contributed by atoms with Gasteiger partial charge < -0.3 is 12.4 Å². The van der Waals surface area contributed by atoms with Crippen LogP contribution in [-0.2, 0) is 11.3 Å². The van der Waals surface area contributed by atoms with Crippen molar-refractivity contribution in [2.24, 2.45) is 5.10 Å². The van der Waals surface area contributed by atoms with Gasteiger partial charge in [-0.2, -0.15) is 9.67 Å². The van der Waals surface area contributed by atoms with Crippen molar-refractivity contribution in [3.8, 4) is 0 Å². The molecule has 21 heavy (non-hydrogen) atoms. The highest BCUT2D eigenvalue weighted by molar-refractivity contribution is 6.36. The molecule has 1 aromatic heterocycles. The van der Waals surface area contributed by atoms with Crippen molar-refractivity contribution < 1.29 is 21.8 Å². The van der Waals surface area contributed by atoms with E-state index in [0.29, 0.717) is 15.6 Å². The molecular weight excluding hydrogens is 333 g/mol. The van der Waals surface area contributed by atoms with E-state index in [-0.39, 0.29) is 24.9 Å². The second-order valence-corrected chi connectivity index (χ2v) is 4.85. The number of benzene rings is 1. The number of carbonyl (C=O) groups is 1. The number of aromatic nitrogens is 1. The molecule has 0 bridgehead atoms. The lowest BCUT2D eigenvalue weighted by Gasteiger charge is -1.99. The Labute approximate surface area is 138 Å². The van der Waals surface area contributed by atoms with Gasteiger partial charge in [0.15, 0.2) is 12.4 Å². The summed E-state index contributed by atoms with van der Waals surface area (Å²) in [5.41, 5.74) is 3.12. The molecular formula is C14H12Cl3N3O. The fraction of sp³-hybridized carbons (Fsp3) is 0.0714. The van der Waals surface area contributed by atoms with Gasteiger partial charge in [0, 0.05) is 22.7 Å². The normalized spacial score (nSPS) is 10.2. The quantitative estimate of drug-likeness (QED) is 0.451. The molecule has 0 radical (unpaired) electrons. The Balaban J connectivity index is 0.00000220. The summed E-state index contributed by atoms with van der Waals surface area (Å²) in [4.78, 5) is 11.6. The van der Waals surface area contributed by atoms with Crippen molar-refractivity contribution in [3.05, 3.63) is 64.4 Å².